The Morgan fingerprint density at radius 1 is 1.37 bits per heavy atom. The maximum Gasteiger partial charge on any atom is 0.259 e. The van der Waals surface area contributed by atoms with Crippen LogP contribution in [0.5, 0.6) is 0 Å². The minimum Gasteiger partial charge on any atom is -0.370 e. The van der Waals surface area contributed by atoms with Crippen LogP contribution in [0.3, 0.4) is 0 Å². The zero-order valence-corrected chi connectivity index (χ0v) is 12.0. The van der Waals surface area contributed by atoms with Gasteiger partial charge in [0.2, 0.25) is 0 Å². The first-order chi connectivity index (χ1) is 8.80. The number of nitrogens with zero attached hydrogens (tertiary/aromatic N) is 2. The number of anilines is 1. The first-order valence-corrected chi connectivity index (χ1v) is 7.51. The largest absolute Gasteiger partial charge is 0.370 e. The molecule has 1 amide bonds. The minimum atomic E-state index is -3.55. The molecule has 19 heavy (non-hydrogen) atoms. The van der Waals surface area contributed by atoms with E-state index in [2.05, 4.69) is 10.3 Å². The van der Waals surface area contributed by atoms with E-state index in [1.165, 1.54) is 13.8 Å². The first kappa shape index (κ1) is 13.8. The van der Waals surface area contributed by atoms with Crippen LogP contribution in [-0.4, -0.2) is 34.9 Å². The van der Waals surface area contributed by atoms with Crippen molar-refractivity contribution in [3.8, 4) is 0 Å². The lowest BCUT2D eigenvalue weighted by Gasteiger charge is -2.42. The molecule has 0 bridgehead atoms. The van der Waals surface area contributed by atoms with E-state index in [9.17, 15) is 13.2 Å². The summed E-state index contributed by atoms with van der Waals surface area (Å²) in [6, 6.07) is 5.28. The van der Waals surface area contributed by atoms with Gasteiger partial charge in [-0.25, -0.2) is 17.7 Å². The van der Waals surface area contributed by atoms with Crippen LogP contribution in [0, 0.1) is 0 Å². The van der Waals surface area contributed by atoms with Gasteiger partial charge in [-0.2, -0.15) is 0 Å². The van der Waals surface area contributed by atoms with E-state index in [-0.39, 0.29) is 12.5 Å². The third-order valence-electron chi connectivity index (χ3n) is 3.15. The maximum atomic E-state index is 12.0. The average Bonchev–Trinajstić information content (AvgIpc) is 2.35. The van der Waals surface area contributed by atoms with Crippen molar-refractivity contribution in [2.45, 2.75) is 32.1 Å². The summed E-state index contributed by atoms with van der Waals surface area (Å²) in [5.74, 6) is 0.285. The van der Waals surface area contributed by atoms with Crippen molar-refractivity contribution in [3.05, 3.63) is 23.9 Å². The summed E-state index contributed by atoms with van der Waals surface area (Å²) in [4.78, 5) is 16.1. The molecule has 1 aromatic rings. The van der Waals surface area contributed by atoms with Gasteiger partial charge >= 0.3 is 0 Å². The van der Waals surface area contributed by atoms with Crippen LogP contribution in [0.25, 0.3) is 0 Å². The van der Waals surface area contributed by atoms with Gasteiger partial charge in [0.25, 0.3) is 15.9 Å². The van der Waals surface area contributed by atoms with Crippen molar-refractivity contribution in [2.24, 2.45) is 0 Å². The summed E-state index contributed by atoms with van der Waals surface area (Å²) in [5.41, 5.74) is 0.547. The smallest absolute Gasteiger partial charge is 0.259 e. The second-order valence-corrected chi connectivity index (χ2v) is 7.28. The topological polar surface area (TPSA) is 79.4 Å². The molecule has 6 nitrogen and oxygen atoms in total. The molecule has 1 fully saturated rings. The molecule has 1 N–H and O–H groups in total. The van der Waals surface area contributed by atoms with E-state index < -0.39 is 14.8 Å². The lowest BCUT2D eigenvalue weighted by molar-refractivity contribution is -0.132. The molecule has 7 heteroatoms. The van der Waals surface area contributed by atoms with Gasteiger partial charge in [0.15, 0.2) is 4.75 Å². The second kappa shape index (κ2) is 4.48. The number of hydrogen-bond acceptors (Lipinski definition) is 5. The molecular formula is C12H17N3O3S. The van der Waals surface area contributed by atoms with Crippen LogP contribution in [0.2, 0.25) is 0 Å². The van der Waals surface area contributed by atoms with Gasteiger partial charge in [-0.3, -0.25) is 4.79 Å². The highest BCUT2D eigenvalue weighted by Gasteiger charge is 2.60. The lowest BCUT2D eigenvalue weighted by Crippen LogP contribution is -2.66. The highest BCUT2D eigenvalue weighted by molar-refractivity contribution is 7.94. The zero-order valence-electron chi connectivity index (χ0n) is 11.2. The van der Waals surface area contributed by atoms with Crippen molar-refractivity contribution < 1.29 is 13.2 Å². The van der Waals surface area contributed by atoms with Gasteiger partial charge < -0.3 is 5.32 Å². The lowest BCUT2D eigenvalue weighted by atomic mass is 10.2. The number of carbonyl (C=O) groups is 1. The van der Waals surface area contributed by atoms with E-state index in [0.717, 1.165) is 10.8 Å². The molecule has 0 aliphatic carbocycles. The standard InChI is InChI=1S/C12H17N3O3S/c1-4-13-10-7-5-6-9(14-10)8-15-11(16)12(2,3)19(15,17)18/h5-7H,4,8H2,1-3H3,(H,13,14). The summed E-state index contributed by atoms with van der Waals surface area (Å²) >= 11 is 0. The Kier molecular flexibility index (Phi) is 3.25. The highest BCUT2D eigenvalue weighted by atomic mass is 32.2. The number of rotatable bonds is 4. The van der Waals surface area contributed by atoms with Gasteiger partial charge in [0, 0.05) is 6.54 Å². The Hall–Kier alpha value is -1.63. The molecule has 0 unspecified atom stereocenters. The van der Waals surface area contributed by atoms with Crippen LogP contribution >= 0.6 is 0 Å². The summed E-state index contributed by atoms with van der Waals surface area (Å²) in [6.07, 6.45) is 0. The Morgan fingerprint density at radius 2 is 2.05 bits per heavy atom. The van der Waals surface area contributed by atoms with Crippen LogP contribution < -0.4 is 5.32 Å². The van der Waals surface area contributed by atoms with Gasteiger partial charge in [0.05, 0.1) is 12.2 Å². The van der Waals surface area contributed by atoms with E-state index in [1.807, 2.05) is 6.92 Å². The van der Waals surface area contributed by atoms with E-state index in [4.69, 9.17) is 0 Å². The van der Waals surface area contributed by atoms with Gasteiger partial charge in [0.1, 0.15) is 5.82 Å². The number of pyridine rings is 1. The van der Waals surface area contributed by atoms with Crippen LogP contribution in [0.15, 0.2) is 18.2 Å². The number of hydrogen-bond donors (Lipinski definition) is 1. The molecule has 2 rings (SSSR count). The fourth-order valence-corrected chi connectivity index (χ4v) is 3.41. The molecule has 0 atom stereocenters. The number of carbonyl (C=O) groups excluding carboxylic acids is 1. The Balaban J connectivity index is 2.19. The molecule has 1 aliphatic heterocycles. The van der Waals surface area contributed by atoms with Gasteiger partial charge in [-0.05, 0) is 32.9 Å². The van der Waals surface area contributed by atoms with E-state index in [0.29, 0.717) is 11.5 Å². The van der Waals surface area contributed by atoms with Crippen molar-refractivity contribution in [2.75, 3.05) is 11.9 Å². The predicted octanol–water partition coefficient (Wildman–Crippen LogP) is 0.964. The highest BCUT2D eigenvalue weighted by Crippen LogP contribution is 2.35. The molecule has 0 aromatic carbocycles. The predicted molar refractivity (Wildman–Crippen MR) is 71.9 cm³/mol. The van der Waals surface area contributed by atoms with Crippen LogP contribution in [-0.2, 0) is 21.4 Å². The summed E-state index contributed by atoms with van der Waals surface area (Å²) in [6.45, 7) is 5.50. The van der Waals surface area contributed by atoms with Crippen molar-refractivity contribution >= 4 is 21.7 Å². The normalized spacial score (nSPS) is 19.9. The second-order valence-electron chi connectivity index (χ2n) is 4.87. The van der Waals surface area contributed by atoms with Gasteiger partial charge in [-0.1, -0.05) is 6.07 Å². The van der Waals surface area contributed by atoms with E-state index >= 15 is 0 Å². The molecule has 0 spiro atoms. The van der Waals surface area contributed by atoms with E-state index in [1.54, 1.807) is 18.2 Å². The molecule has 104 valence electrons. The Bertz CT molecular complexity index is 610. The quantitative estimate of drug-likeness (QED) is 0.890. The van der Waals surface area contributed by atoms with Crippen molar-refractivity contribution in [3.63, 3.8) is 0 Å². The van der Waals surface area contributed by atoms with Crippen LogP contribution in [0.4, 0.5) is 5.82 Å². The summed E-state index contributed by atoms with van der Waals surface area (Å²) in [7, 11) is -3.55. The third-order valence-corrected chi connectivity index (χ3v) is 5.49. The number of nitrogens with one attached hydrogen (secondary N) is 1. The molecule has 1 saturated heterocycles. The minimum absolute atomic E-state index is 0.0101. The number of amides is 1. The molecular weight excluding hydrogens is 266 g/mol. The molecule has 1 aliphatic rings. The fourth-order valence-electron chi connectivity index (χ4n) is 1.91. The monoisotopic (exact) mass is 283 g/mol. The average molecular weight is 283 g/mol. The summed E-state index contributed by atoms with van der Waals surface area (Å²) < 4.78 is 23.5. The van der Waals surface area contributed by atoms with Crippen molar-refractivity contribution in [1.29, 1.82) is 0 Å². The Labute approximate surface area is 112 Å². The molecule has 0 saturated carbocycles. The van der Waals surface area contributed by atoms with Crippen LogP contribution in [0.1, 0.15) is 26.5 Å². The molecule has 0 radical (unpaired) electrons. The van der Waals surface area contributed by atoms with Gasteiger partial charge in [-0.15, -0.1) is 0 Å². The maximum absolute atomic E-state index is 12.0. The number of aromatic nitrogens is 1. The third kappa shape index (κ3) is 2.07. The summed E-state index contributed by atoms with van der Waals surface area (Å²) in [5, 5.41) is 3.04. The zero-order chi connectivity index (χ0) is 14.3. The molecule has 2 heterocycles. The Morgan fingerprint density at radius 3 is 2.63 bits per heavy atom. The fraction of sp³-hybridized carbons (Fsp3) is 0.500. The molecule has 1 aromatic heterocycles. The number of sulfonamides is 1. The van der Waals surface area contributed by atoms with Crippen molar-refractivity contribution in [1.82, 2.24) is 9.29 Å². The SMILES string of the molecule is CCNc1cccc(CN2C(=O)C(C)(C)S2(=O)=O)n1. The first-order valence-electron chi connectivity index (χ1n) is 6.07.